The molecule has 0 bridgehead atoms. The van der Waals surface area contributed by atoms with Gasteiger partial charge in [0.2, 0.25) is 5.91 Å². The summed E-state index contributed by atoms with van der Waals surface area (Å²) in [5.74, 6) is -0.649. The van der Waals surface area contributed by atoms with Crippen LogP contribution in [0.25, 0.3) is 0 Å². The van der Waals surface area contributed by atoms with Crippen LogP contribution in [0.2, 0.25) is 0 Å². The number of imide groups is 1. The van der Waals surface area contributed by atoms with Crippen LogP contribution >= 0.6 is 0 Å². The highest BCUT2D eigenvalue weighted by atomic mass is 19.4. The predicted molar refractivity (Wildman–Crippen MR) is 86.8 cm³/mol. The topological polar surface area (TPSA) is 78.5 Å². The molecule has 0 atom stereocenters. The highest BCUT2D eigenvalue weighted by Gasteiger charge is 2.43. The SMILES string of the molecule is CC1(C)NC(=O)N(CCCC(=O)NCc2ccc(C(F)(F)F)cc2)C1=O. The van der Waals surface area contributed by atoms with E-state index in [2.05, 4.69) is 10.6 Å². The molecular weight excluding hydrogens is 351 g/mol. The summed E-state index contributed by atoms with van der Waals surface area (Å²) in [7, 11) is 0. The molecule has 0 saturated carbocycles. The maximum atomic E-state index is 12.5. The lowest BCUT2D eigenvalue weighted by molar-refractivity contribution is -0.137. The number of alkyl halides is 3. The lowest BCUT2D eigenvalue weighted by Gasteiger charge is -2.15. The molecule has 0 radical (unpaired) electrons. The normalized spacial score (nSPS) is 16.6. The molecule has 2 N–H and O–H groups in total. The summed E-state index contributed by atoms with van der Waals surface area (Å²) in [6.07, 6.45) is -4.00. The van der Waals surface area contributed by atoms with Crippen LogP contribution in [-0.2, 0) is 22.3 Å². The van der Waals surface area contributed by atoms with E-state index in [1.807, 2.05) is 0 Å². The van der Waals surface area contributed by atoms with Crippen LogP contribution in [0.4, 0.5) is 18.0 Å². The lowest BCUT2D eigenvalue weighted by Crippen LogP contribution is -2.40. The first kappa shape index (κ1) is 19.7. The van der Waals surface area contributed by atoms with Gasteiger partial charge in [0.25, 0.3) is 5.91 Å². The molecule has 26 heavy (non-hydrogen) atoms. The molecule has 1 aliphatic heterocycles. The van der Waals surface area contributed by atoms with Gasteiger partial charge in [-0.25, -0.2) is 4.79 Å². The Balaban J connectivity index is 1.74. The maximum absolute atomic E-state index is 12.5. The fourth-order valence-corrected chi connectivity index (χ4v) is 2.52. The Labute approximate surface area is 148 Å². The molecule has 1 aromatic rings. The third kappa shape index (κ3) is 4.74. The fraction of sp³-hybridized carbons (Fsp3) is 0.471. The molecule has 1 aliphatic rings. The number of nitrogens with zero attached hydrogens (tertiary/aromatic N) is 1. The first-order valence-electron chi connectivity index (χ1n) is 8.07. The summed E-state index contributed by atoms with van der Waals surface area (Å²) in [5.41, 5.74) is -1.15. The van der Waals surface area contributed by atoms with Gasteiger partial charge in [0, 0.05) is 19.5 Å². The summed E-state index contributed by atoms with van der Waals surface area (Å²) in [5, 5.41) is 5.15. The molecule has 0 spiro atoms. The van der Waals surface area contributed by atoms with E-state index in [9.17, 15) is 27.6 Å². The Morgan fingerprint density at radius 1 is 1.19 bits per heavy atom. The van der Waals surface area contributed by atoms with E-state index >= 15 is 0 Å². The Morgan fingerprint density at radius 3 is 2.31 bits per heavy atom. The van der Waals surface area contributed by atoms with Crippen LogP contribution < -0.4 is 10.6 Å². The first-order chi connectivity index (χ1) is 12.0. The molecule has 1 fully saturated rings. The smallest absolute Gasteiger partial charge is 0.352 e. The highest BCUT2D eigenvalue weighted by Crippen LogP contribution is 2.29. The third-order valence-electron chi connectivity index (χ3n) is 4.00. The molecule has 1 saturated heterocycles. The van der Waals surface area contributed by atoms with Crippen molar-refractivity contribution >= 4 is 17.8 Å². The molecule has 6 nitrogen and oxygen atoms in total. The minimum Gasteiger partial charge on any atom is -0.352 e. The molecule has 0 aliphatic carbocycles. The number of nitrogens with one attached hydrogen (secondary N) is 2. The molecule has 9 heteroatoms. The van der Waals surface area contributed by atoms with Gasteiger partial charge in [-0.05, 0) is 38.0 Å². The molecule has 0 unspecified atom stereocenters. The summed E-state index contributed by atoms with van der Waals surface area (Å²) in [6, 6.07) is 4.04. The van der Waals surface area contributed by atoms with Crippen LogP contribution in [-0.4, -0.2) is 34.8 Å². The molecule has 142 valence electrons. The van der Waals surface area contributed by atoms with Crippen molar-refractivity contribution in [1.29, 1.82) is 0 Å². The first-order valence-corrected chi connectivity index (χ1v) is 8.07. The zero-order valence-corrected chi connectivity index (χ0v) is 14.4. The predicted octanol–water partition coefficient (Wildman–Crippen LogP) is 2.43. The van der Waals surface area contributed by atoms with E-state index < -0.39 is 23.3 Å². The Morgan fingerprint density at radius 2 is 1.81 bits per heavy atom. The maximum Gasteiger partial charge on any atom is 0.416 e. The average Bonchev–Trinajstić information content (AvgIpc) is 2.74. The van der Waals surface area contributed by atoms with Gasteiger partial charge < -0.3 is 10.6 Å². The van der Waals surface area contributed by atoms with Gasteiger partial charge in [-0.1, -0.05) is 12.1 Å². The van der Waals surface area contributed by atoms with Gasteiger partial charge in [0.15, 0.2) is 0 Å². The van der Waals surface area contributed by atoms with Crippen molar-refractivity contribution < 1.29 is 27.6 Å². The van der Waals surface area contributed by atoms with Gasteiger partial charge in [-0.2, -0.15) is 13.2 Å². The van der Waals surface area contributed by atoms with Gasteiger partial charge in [0.05, 0.1) is 5.56 Å². The standard InChI is InChI=1S/C17H20F3N3O3/c1-16(2)14(25)23(15(26)22-16)9-3-4-13(24)21-10-11-5-7-12(8-6-11)17(18,19)20/h5-8H,3-4,9-10H2,1-2H3,(H,21,24)(H,22,26). The number of hydrogen-bond donors (Lipinski definition) is 2. The van der Waals surface area contributed by atoms with E-state index in [-0.39, 0.29) is 31.3 Å². The molecular formula is C17H20F3N3O3. The largest absolute Gasteiger partial charge is 0.416 e. The second-order valence-corrected chi connectivity index (χ2v) is 6.59. The number of hydrogen-bond acceptors (Lipinski definition) is 3. The van der Waals surface area contributed by atoms with Crippen molar-refractivity contribution in [2.24, 2.45) is 0 Å². The molecule has 0 aromatic heterocycles. The van der Waals surface area contributed by atoms with Crippen LogP contribution in [0.3, 0.4) is 0 Å². The number of urea groups is 1. The Hall–Kier alpha value is -2.58. The summed E-state index contributed by atoms with van der Waals surface area (Å²) in [4.78, 5) is 36.6. The molecule has 1 aromatic carbocycles. The lowest BCUT2D eigenvalue weighted by atomic mass is 10.1. The van der Waals surface area contributed by atoms with Crippen molar-refractivity contribution in [3.8, 4) is 0 Å². The number of rotatable bonds is 6. The summed E-state index contributed by atoms with van der Waals surface area (Å²) < 4.78 is 37.4. The van der Waals surface area contributed by atoms with Crippen molar-refractivity contribution in [3.63, 3.8) is 0 Å². The zero-order valence-electron chi connectivity index (χ0n) is 14.4. The van der Waals surface area contributed by atoms with E-state index in [4.69, 9.17) is 0 Å². The summed E-state index contributed by atoms with van der Waals surface area (Å²) >= 11 is 0. The Kier molecular flexibility index (Phi) is 5.58. The van der Waals surface area contributed by atoms with Crippen LogP contribution in [0, 0.1) is 0 Å². The minimum absolute atomic E-state index is 0.0954. The van der Waals surface area contributed by atoms with Crippen LogP contribution in [0.5, 0.6) is 0 Å². The van der Waals surface area contributed by atoms with Crippen LogP contribution in [0.1, 0.15) is 37.8 Å². The van der Waals surface area contributed by atoms with Gasteiger partial charge in [0.1, 0.15) is 5.54 Å². The number of halogens is 3. The monoisotopic (exact) mass is 371 g/mol. The van der Waals surface area contributed by atoms with Crippen molar-refractivity contribution in [3.05, 3.63) is 35.4 Å². The van der Waals surface area contributed by atoms with Gasteiger partial charge in [-0.3, -0.25) is 14.5 Å². The van der Waals surface area contributed by atoms with Crippen molar-refractivity contribution in [1.82, 2.24) is 15.5 Å². The average molecular weight is 371 g/mol. The minimum atomic E-state index is -4.39. The van der Waals surface area contributed by atoms with Crippen LogP contribution in [0.15, 0.2) is 24.3 Å². The zero-order chi connectivity index (χ0) is 19.5. The second-order valence-electron chi connectivity index (χ2n) is 6.59. The number of benzene rings is 1. The van der Waals surface area contributed by atoms with E-state index in [0.717, 1.165) is 17.0 Å². The quantitative estimate of drug-likeness (QED) is 0.754. The number of amides is 4. The van der Waals surface area contributed by atoms with Gasteiger partial charge >= 0.3 is 12.2 Å². The van der Waals surface area contributed by atoms with E-state index in [0.29, 0.717) is 12.0 Å². The summed E-state index contributed by atoms with van der Waals surface area (Å²) in [6.45, 7) is 3.43. The van der Waals surface area contributed by atoms with Crippen molar-refractivity contribution in [2.45, 2.75) is 44.9 Å². The molecule has 4 amide bonds. The van der Waals surface area contributed by atoms with E-state index in [1.54, 1.807) is 13.8 Å². The highest BCUT2D eigenvalue weighted by molar-refractivity contribution is 6.06. The fourth-order valence-electron chi connectivity index (χ4n) is 2.52. The van der Waals surface area contributed by atoms with E-state index in [1.165, 1.54) is 12.1 Å². The third-order valence-corrected chi connectivity index (χ3v) is 4.00. The number of carbonyl (C=O) groups is 3. The number of carbonyl (C=O) groups excluding carboxylic acids is 3. The Bertz CT molecular complexity index is 699. The molecule has 1 heterocycles. The molecule has 2 rings (SSSR count). The van der Waals surface area contributed by atoms with Gasteiger partial charge in [-0.15, -0.1) is 0 Å². The second kappa shape index (κ2) is 7.35. The van der Waals surface area contributed by atoms with Crippen molar-refractivity contribution in [2.75, 3.05) is 6.54 Å².